The fourth-order valence-corrected chi connectivity index (χ4v) is 0.211. The van der Waals surface area contributed by atoms with Crippen molar-refractivity contribution in [1.29, 1.82) is 0 Å². The van der Waals surface area contributed by atoms with Gasteiger partial charge in [-0.1, -0.05) is 13.8 Å². The summed E-state index contributed by atoms with van der Waals surface area (Å²) < 4.78 is 0. The van der Waals surface area contributed by atoms with E-state index in [4.69, 9.17) is 5.11 Å². The van der Waals surface area contributed by atoms with Crippen molar-refractivity contribution in [3.8, 4) is 0 Å². The maximum Gasteiger partial charge on any atom is 0.118 e. The molecule has 0 aliphatic rings. The molecule has 0 amide bonds. The van der Waals surface area contributed by atoms with Crippen LogP contribution in [0.15, 0.2) is 0 Å². The molecule has 1 unspecified atom stereocenters. The summed E-state index contributed by atoms with van der Waals surface area (Å²) in [5.41, 5.74) is 0. The molecule has 0 spiro atoms. The summed E-state index contributed by atoms with van der Waals surface area (Å²) in [7, 11) is 0. The van der Waals surface area contributed by atoms with Crippen molar-refractivity contribution in [2.24, 2.45) is 5.92 Å². The van der Waals surface area contributed by atoms with Crippen molar-refractivity contribution in [3.05, 3.63) is 0 Å². The smallest absolute Gasteiger partial charge is 0.118 e. The summed E-state index contributed by atoms with van der Waals surface area (Å²) in [6.45, 7) is 3.36. The molecule has 1 atom stereocenters. The SMILES string of the molecule is CC(C)C([O])CO. The Morgan fingerprint density at radius 1 is 1.57 bits per heavy atom. The summed E-state index contributed by atoms with van der Waals surface area (Å²) in [6, 6.07) is 0. The molecular weight excluding hydrogens is 92.1 g/mol. The molecule has 0 bridgehead atoms. The third-order valence-electron chi connectivity index (χ3n) is 0.924. The summed E-state index contributed by atoms with van der Waals surface area (Å²) in [6.07, 6.45) is -0.792. The van der Waals surface area contributed by atoms with Gasteiger partial charge in [0.05, 0.1) is 6.61 Å². The average Bonchev–Trinajstić information content (AvgIpc) is 1.65. The minimum atomic E-state index is -0.792. The Kier molecular flexibility index (Phi) is 2.96. The molecule has 43 valence electrons. The van der Waals surface area contributed by atoms with Gasteiger partial charge in [0.25, 0.3) is 0 Å². The first-order chi connectivity index (χ1) is 3.18. The van der Waals surface area contributed by atoms with E-state index in [1.165, 1.54) is 0 Å². The zero-order chi connectivity index (χ0) is 5.86. The molecule has 0 rings (SSSR count). The fourth-order valence-electron chi connectivity index (χ4n) is 0.211. The van der Waals surface area contributed by atoms with Crippen molar-refractivity contribution in [2.45, 2.75) is 20.0 Å². The number of aliphatic hydroxyl groups excluding tert-OH is 1. The van der Waals surface area contributed by atoms with Crippen LogP contribution in [0.2, 0.25) is 0 Å². The number of hydrogen-bond donors (Lipinski definition) is 1. The van der Waals surface area contributed by atoms with E-state index in [0.29, 0.717) is 0 Å². The van der Waals surface area contributed by atoms with Crippen molar-refractivity contribution >= 4 is 0 Å². The third-order valence-corrected chi connectivity index (χ3v) is 0.924. The maximum absolute atomic E-state index is 10.3. The molecule has 0 aliphatic carbocycles. The van der Waals surface area contributed by atoms with Crippen LogP contribution in [0.4, 0.5) is 0 Å². The number of aliphatic hydroxyl groups is 1. The molecule has 2 nitrogen and oxygen atoms in total. The van der Waals surface area contributed by atoms with Gasteiger partial charge in [0.1, 0.15) is 6.10 Å². The third kappa shape index (κ3) is 2.60. The van der Waals surface area contributed by atoms with Gasteiger partial charge in [-0.05, 0) is 5.92 Å². The molecule has 0 aliphatic heterocycles. The standard InChI is InChI=1S/C5H11O2/c1-4(2)5(7)3-6/h4-6H,3H2,1-2H3. The first-order valence-electron chi connectivity index (χ1n) is 2.45. The molecule has 0 saturated heterocycles. The lowest BCUT2D eigenvalue weighted by Crippen LogP contribution is -2.16. The molecule has 0 aromatic heterocycles. The van der Waals surface area contributed by atoms with E-state index in [1.54, 1.807) is 13.8 Å². The summed E-state index contributed by atoms with van der Waals surface area (Å²) >= 11 is 0. The van der Waals surface area contributed by atoms with Crippen LogP contribution in [-0.4, -0.2) is 17.8 Å². The van der Waals surface area contributed by atoms with Crippen LogP contribution in [0, 0.1) is 5.92 Å². The first kappa shape index (κ1) is 6.92. The normalized spacial score (nSPS) is 15.0. The molecule has 1 N–H and O–H groups in total. The summed E-state index contributed by atoms with van der Waals surface area (Å²) in [5, 5.41) is 18.5. The van der Waals surface area contributed by atoms with E-state index in [9.17, 15) is 5.11 Å². The van der Waals surface area contributed by atoms with Gasteiger partial charge >= 0.3 is 0 Å². The van der Waals surface area contributed by atoms with Gasteiger partial charge in [0.15, 0.2) is 0 Å². The highest BCUT2D eigenvalue weighted by Crippen LogP contribution is 1.98. The van der Waals surface area contributed by atoms with Crippen molar-refractivity contribution in [1.82, 2.24) is 0 Å². The highest BCUT2D eigenvalue weighted by atomic mass is 16.3. The molecule has 0 aromatic carbocycles. The van der Waals surface area contributed by atoms with Gasteiger partial charge in [-0.15, -0.1) is 0 Å². The van der Waals surface area contributed by atoms with Gasteiger partial charge < -0.3 is 5.11 Å². The Bertz CT molecular complexity index is 43.3. The second-order valence-corrected chi connectivity index (χ2v) is 1.97. The van der Waals surface area contributed by atoms with Gasteiger partial charge in [0.2, 0.25) is 0 Å². The molecule has 0 aromatic rings. The molecule has 7 heavy (non-hydrogen) atoms. The largest absolute Gasteiger partial charge is 0.394 e. The number of rotatable bonds is 2. The molecular formula is C5H11O2. The Morgan fingerprint density at radius 2 is 2.00 bits per heavy atom. The quantitative estimate of drug-likeness (QED) is 0.541. The average molecular weight is 103 g/mol. The van der Waals surface area contributed by atoms with Gasteiger partial charge in [-0.3, -0.25) is 0 Å². The monoisotopic (exact) mass is 103 g/mol. The minimum Gasteiger partial charge on any atom is -0.394 e. The van der Waals surface area contributed by atoms with Crippen molar-refractivity contribution < 1.29 is 10.2 Å². The van der Waals surface area contributed by atoms with Crippen LogP contribution >= 0.6 is 0 Å². The van der Waals surface area contributed by atoms with Crippen LogP contribution in [0.1, 0.15) is 13.8 Å². The van der Waals surface area contributed by atoms with Crippen LogP contribution in [0.25, 0.3) is 0 Å². The zero-order valence-corrected chi connectivity index (χ0v) is 4.72. The predicted molar refractivity (Wildman–Crippen MR) is 26.4 cm³/mol. The van der Waals surface area contributed by atoms with Crippen LogP contribution in [-0.2, 0) is 5.11 Å². The van der Waals surface area contributed by atoms with E-state index in [1.807, 2.05) is 0 Å². The van der Waals surface area contributed by atoms with Crippen LogP contribution < -0.4 is 0 Å². The Balaban J connectivity index is 3.14. The Morgan fingerprint density at radius 3 is 2.00 bits per heavy atom. The Hall–Kier alpha value is -0.0800. The molecule has 0 heterocycles. The van der Waals surface area contributed by atoms with Crippen molar-refractivity contribution in [3.63, 3.8) is 0 Å². The highest BCUT2D eigenvalue weighted by molar-refractivity contribution is 4.54. The van der Waals surface area contributed by atoms with E-state index in [0.717, 1.165) is 0 Å². The van der Waals surface area contributed by atoms with E-state index < -0.39 is 6.10 Å². The second kappa shape index (κ2) is 2.99. The predicted octanol–water partition coefficient (Wildman–Crippen LogP) is 0.434. The second-order valence-electron chi connectivity index (χ2n) is 1.97. The van der Waals surface area contributed by atoms with Crippen LogP contribution in [0.5, 0.6) is 0 Å². The van der Waals surface area contributed by atoms with E-state index in [-0.39, 0.29) is 12.5 Å². The van der Waals surface area contributed by atoms with Crippen molar-refractivity contribution in [2.75, 3.05) is 6.61 Å². The lowest BCUT2D eigenvalue weighted by molar-refractivity contribution is 0.00325. The summed E-state index contributed by atoms with van der Waals surface area (Å²) in [4.78, 5) is 0. The van der Waals surface area contributed by atoms with Crippen LogP contribution in [0.3, 0.4) is 0 Å². The van der Waals surface area contributed by atoms with E-state index >= 15 is 0 Å². The minimum absolute atomic E-state index is 0.0602. The fraction of sp³-hybridized carbons (Fsp3) is 1.00. The maximum atomic E-state index is 10.3. The molecule has 0 saturated carbocycles. The lowest BCUT2D eigenvalue weighted by atomic mass is 10.1. The highest BCUT2D eigenvalue weighted by Gasteiger charge is 2.07. The zero-order valence-electron chi connectivity index (χ0n) is 4.72. The lowest BCUT2D eigenvalue weighted by Gasteiger charge is -2.05. The summed E-state index contributed by atoms with van der Waals surface area (Å²) in [5.74, 6) is 0.0602. The molecule has 0 fully saturated rings. The van der Waals surface area contributed by atoms with Gasteiger partial charge in [-0.25, -0.2) is 5.11 Å². The molecule has 1 radical (unpaired) electrons. The Labute approximate surface area is 43.8 Å². The molecule has 2 heteroatoms. The van der Waals surface area contributed by atoms with Gasteiger partial charge in [-0.2, -0.15) is 0 Å². The van der Waals surface area contributed by atoms with Gasteiger partial charge in [0, 0.05) is 0 Å². The topological polar surface area (TPSA) is 40.1 Å². The number of hydrogen-bond acceptors (Lipinski definition) is 1. The first-order valence-corrected chi connectivity index (χ1v) is 2.45. The van der Waals surface area contributed by atoms with E-state index in [2.05, 4.69) is 0 Å².